The van der Waals surface area contributed by atoms with Gasteiger partial charge >= 0.3 is 0 Å². The Morgan fingerprint density at radius 1 is 1.23 bits per heavy atom. The van der Waals surface area contributed by atoms with Crippen LogP contribution in [0.5, 0.6) is 0 Å². The summed E-state index contributed by atoms with van der Waals surface area (Å²) in [5, 5.41) is 0. The Labute approximate surface area is 80.3 Å². The predicted octanol–water partition coefficient (Wildman–Crippen LogP) is 1.08. The molecule has 0 spiro atoms. The minimum Gasteiger partial charge on any atom is -0.363 e. The minimum absolute atomic E-state index is 0.338. The van der Waals surface area contributed by atoms with E-state index < -0.39 is 11.7 Å². The van der Waals surface area contributed by atoms with Crippen molar-refractivity contribution in [3.05, 3.63) is 29.8 Å². The van der Waals surface area contributed by atoms with Crippen molar-refractivity contribution < 1.29 is 9.59 Å². The minimum atomic E-state index is -0.920. The zero-order valence-electron chi connectivity index (χ0n) is 7.11. The number of hydrogen-bond donors (Lipinski definition) is 1. The van der Waals surface area contributed by atoms with E-state index in [1.807, 2.05) is 6.26 Å². The maximum absolute atomic E-state index is 11.1. The standard InChI is InChI=1S/C9H9NO2S/c1-13-7-4-2-6(3-5-7)8(11)9(10)12/h2-5H,1H3,(H2,10,12). The van der Waals surface area contributed by atoms with Gasteiger partial charge in [0.25, 0.3) is 5.91 Å². The molecule has 0 bridgehead atoms. The number of ketones is 1. The van der Waals surface area contributed by atoms with Crippen molar-refractivity contribution in [2.45, 2.75) is 4.90 Å². The van der Waals surface area contributed by atoms with Gasteiger partial charge in [0, 0.05) is 10.5 Å². The summed E-state index contributed by atoms with van der Waals surface area (Å²) in [6, 6.07) is 6.75. The van der Waals surface area contributed by atoms with Gasteiger partial charge < -0.3 is 5.73 Å². The molecule has 68 valence electrons. The third-order valence-corrected chi connectivity index (χ3v) is 2.32. The van der Waals surface area contributed by atoms with Crippen molar-refractivity contribution >= 4 is 23.5 Å². The van der Waals surface area contributed by atoms with Crippen molar-refractivity contribution in [1.29, 1.82) is 0 Å². The number of nitrogens with two attached hydrogens (primary N) is 1. The van der Waals surface area contributed by atoms with Gasteiger partial charge in [0.05, 0.1) is 0 Å². The number of benzene rings is 1. The number of rotatable bonds is 3. The zero-order valence-corrected chi connectivity index (χ0v) is 7.93. The molecule has 1 amide bonds. The van der Waals surface area contributed by atoms with Crippen molar-refractivity contribution in [3.63, 3.8) is 0 Å². The quantitative estimate of drug-likeness (QED) is 0.446. The fourth-order valence-electron chi connectivity index (χ4n) is 0.885. The highest BCUT2D eigenvalue weighted by molar-refractivity contribution is 7.98. The number of amides is 1. The molecule has 0 heterocycles. The van der Waals surface area contributed by atoms with E-state index in [4.69, 9.17) is 5.73 Å². The van der Waals surface area contributed by atoms with Crippen molar-refractivity contribution in [2.24, 2.45) is 5.73 Å². The second-order valence-corrected chi connectivity index (χ2v) is 3.30. The molecule has 0 radical (unpaired) electrons. The van der Waals surface area contributed by atoms with Crippen LogP contribution >= 0.6 is 11.8 Å². The molecule has 13 heavy (non-hydrogen) atoms. The fraction of sp³-hybridized carbons (Fsp3) is 0.111. The first-order chi connectivity index (χ1) is 6.15. The Hall–Kier alpha value is -1.29. The van der Waals surface area contributed by atoms with Gasteiger partial charge in [0.15, 0.2) is 0 Å². The van der Waals surface area contributed by atoms with Gasteiger partial charge in [0.1, 0.15) is 0 Å². The maximum Gasteiger partial charge on any atom is 0.289 e. The third kappa shape index (κ3) is 2.32. The molecule has 0 unspecified atom stereocenters. The Kier molecular flexibility index (Phi) is 3.08. The molecule has 0 saturated carbocycles. The van der Waals surface area contributed by atoms with Gasteiger partial charge in [-0.2, -0.15) is 0 Å². The highest BCUT2D eigenvalue weighted by Crippen LogP contribution is 2.14. The highest BCUT2D eigenvalue weighted by atomic mass is 32.2. The van der Waals surface area contributed by atoms with E-state index in [1.165, 1.54) is 0 Å². The number of hydrogen-bond acceptors (Lipinski definition) is 3. The van der Waals surface area contributed by atoms with Crippen LogP contribution in [-0.4, -0.2) is 17.9 Å². The van der Waals surface area contributed by atoms with Crippen LogP contribution in [0, 0.1) is 0 Å². The first-order valence-electron chi connectivity index (χ1n) is 3.63. The van der Waals surface area contributed by atoms with Crippen LogP contribution < -0.4 is 5.73 Å². The highest BCUT2D eigenvalue weighted by Gasteiger charge is 2.10. The van der Waals surface area contributed by atoms with Gasteiger partial charge in [-0.25, -0.2) is 0 Å². The van der Waals surface area contributed by atoms with Crippen molar-refractivity contribution in [2.75, 3.05) is 6.26 Å². The summed E-state index contributed by atoms with van der Waals surface area (Å²) in [7, 11) is 0. The summed E-state index contributed by atoms with van der Waals surface area (Å²) < 4.78 is 0. The molecule has 4 heteroatoms. The van der Waals surface area contributed by atoms with Gasteiger partial charge in [-0.3, -0.25) is 9.59 Å². The van der Waals surface area contributed by atoms with Gasteiger partial charge in [0.2, 0.25) is 5.78 Å². The molecule has 0 atom stereocenters. The summed E-state index contributed by atoms with van der Waals surface area (Å²) in [6.45, 7) is 0. The molecule has 3 nitrogen and oxygen atoms in total. The van der Waals surface area contributed by atoms with E-state index in [1.54, 1.807) is 36.0 Å². The lowest BCUT2D eigenvalue weighted by molar-refractivity contribution is -0.114. The summed E-state index contributed by atoms with van der Waals surface area (Å²) >= 11 is 1.57. The molecule has 2 N–H and O–H groups in total. The lowest BCUT2D eigenvalue weighted by Crippen LogP contribution is -2.22. The predicted molar refractivity (Wildman–Crippen MR) is 51.7 cm³/mol. The third-order valence-electron chi connectivity index (χ3n) is 1.58. The molecule has 0 aliphatic heterocycles. The molecule has 0 saturated heterocycles. The van der Waals surface area contributed by atoms with E-state index in [0.717, 1.165) is 4.90 Å². The molecule has 0 aromatic heterocycles. The van der Waals surface area contributed by atoms with Crippen LogP contribution in [0.4, 0.5) is 0 Å². The van der Waals surface area contributed by atoms with Gasteiger partial charge in [-0.05, 0) is 30.5 Å². The summed E-state index contributed by atoms with van der Waals surface area (Å²) in [4.78, 5) is 22.6. The largest absolute Gasteiger partial charge is 0.363 e. The summed E-state index contributed by atoms with van der Waals surface area (Å²) in [5.74, 6) is -1.57. The Bertz CT molecular complexity index is 332. The molecule has 1 aromatic rings. The molecular formula is C9H9NO2S. The van der Waals surface area contributed by atoms with E-state index >= 15 is 0 Å². The number of Topliss-reactive ketones (excluding diaryl/α,β-unsaturated/α-hetero) is 1. The van der Waals surface area contributed by atoms with E-state index in [-0.39, 0.29) is 0 Å². The van der Waals surface area contributed by atoms with E-state index in [2.05, 4.69) is 0 Å². The monoisotopic (exact) mass is 195 g/mol. The SMILES string of the molecule is CSc1ccc(C(=O)C(N)=O)cc1. The van der Waals surface area contributed by atoms with Gasteiger partial charge in [-0.1, -0.05) is 0 Å². The average Bonchev–Trinajstić information content (AvgIpc) is 2.17. The van der Waals surface area contributed by atoms with Crippen LogP contribution in [0.1, 0.15) is 10.4 Å². The van der Waals surface area contributed by atoms with Crippen LogP contribution in [-0.2, 0) is 4.79 Å². The maximum atomic E-state index is 11.1. The topological polar surface area (TPSA) is 60.2 Å². The van der Waals surface area contributed by atoms with Crippen LogP contribution in [0.3, 0.4) is 0 Å². The number of primary amides is 1. The first kappa shape index (κ1) is 9.80. The number of carbonyl (C=O) groups excluding carboxylic acids is 2. The number of carbonyl (C=O) groups is 2. The second-order valence-electron chi connectivity index (χ2n) is 2.42. The van der Waals surface area contributed by atoms with Crippen LogP contribution in [0.2, 0.25) is 0 Å². The molecular weight excluding hydrogens is 186 g/mol. The molecule has 0 aliphatic rings. The van der Waals surface area contributed by atoms with Crippen LogP contribution in [0.25, 0.3) is 0 Å². The smallest absolute Gasteiger partial charge is 0.289 e. The number of thioether (sulfide) groups is 1. The van der Waals surface area contributed by atoms with Crippen molar-refractivity contribution in [1.82, 2.24) is 0 Å². The lowest BCUT2D eigenvalue weighted by atomic mass is 10.1. The Balaban J connectivity index is 2.92. The summed E-state index contributed by atoms with van der Waals surface area (Å²) in [6.07, 6.45) is 1.94. The Morgan fingerprint density at radius 2 is 1.77 bits per heavy atom. The van der Waals surface area contributed by atoms with Crippen LogP contribution in [0.15, 0.2) is 29.2 Å². The second kappa shape index (κ2) is 4.09. The summed E-state index contributed by atoms with van der Waals surface area (Å²) in [5.41, 5.74) is 5.18. The lowest BCUT2D eigenvalue weighted by Gasteiger charge is -1.98. The average molecular weight is 195 g/mol. The molecule has 0 fully saturated rings. The van der Waals surface area contributed by atoms with E-state index in [0.29, 0.717) is 5.56 Å². The zero-order chi connectivity index (χ0) is 9.84. The molecule has 1 rings (SSSR count). The fourth-order valence-corrected chi connectivity index (χ4v) is 1.29. The van der Waals surface area contributed by atoms with Crippen molar-refractivity contribution in [3.8, 4) is 0 Å². The first-order valence-corrected chi connectivity index (χ1v) is 4.86. The Morgan fingerprint density at radius 3 is 2.15 bits per heavy atom. The van der Waals surface area contributed by atoms with E-state index in [9.17, 15) is 9.59 Å². The normalized spacial score (nSPS) is 9.62. The molecule has 1 aromatic carbocycles. The van der Waals surface area contributed by atoms with Gasteiger partial charge in [-0.15, -0.1) is 11.8 Å². The molecule has 0 aliphatic carbocycles.